The molecule has 0 amide bonds. The van der Waals surface area contributed by atoms with E-state index in [0.29, 0.717) is 0 Å². The Morgan fingerprint density at radius 2 is 2.64 bits per heavy atom. The van der Waals surface area contributed by atoms with E-state index in [9.17, 15) is 4.79 Å². The summed E-state index contributed by atoms with van der Waals surface area (Å²) >= 11 is 0. The highest BCUT2D eigenvalue weighted by Gasteiger charge is 2.11. The molecule has 0 saturated heterocycles. The summed E-state index contributed by atoms with van der Waals surface area (Å²) in [5.74, 6) is -0.334. The van der Waals surface area contributed by atoms with Gasteiger partial charge in [-0.15, -0.1) is 0 Å². The monoisotopic (exact) mass is 157 g/mol. The van der Waals surface area contributed by atoms with Crippen LogP contribution in [0, 0.1) is 0 Å². The number of hydrogen-bond acceptors (Lipinski definition) is 5. The maximum Gasteiger partial charge on any atom is 0.360 e. The van der Waals surface area contributed by atoms with Gasteiger partial charge in [0.2, 0.25) is 0 Å². The van der Waals surface area contributed by atoms with Gasteiger partial charge >= 0.3 is 5.97 Å². The van der Waals surface area contributed by atoms with Gasteiger partial charge in [-0.25, -0.2) is 4.79 Å². The van der Waals surface area contributed by atoms with Crippen molar-refractivity contribution in [3.8, 4) is 0 Å². The molecule has 0 aliphatic rings. The lowest BCUT2D eigenvalue weighted by Gasteiger charge is -1.88. The fraction of sp³-hybridized carbons (Fsp3) is 0.333. The van der Waals surface area contributed by atoms with Crippen LogP contribution in [0.4, 0.5) is 0 Å². The molecule has 0 bridgehead atoms. The highest BCUT2D eigenvalue weighted by molar-refractivity contribution is 5.86. The minimum Gasteiger partial charge on any atom is -0.464 e. The lowest BCUT2D eigenvalue weighted by molar-refractivity contribution is 0.0589. The maximum absolute atomic E-state index is 10.7. The zero-order valence-electron chi connectivity index (χ0n) is 5.90. The Balaban J connectivity index is 2.80. The lowest BCUT2D eigenvalue weighted by Crippen LogP contribution is -2.00. The van der Waals surface area contributed by atoms with Crippen molar-refractivity contribution in [3.63, 3.8) is 0 Å². The SMILES string of the molecule is COC(=O)c1cc(CO)on1. The van der Waals surface area contributed by atoms with E-state index in [-0.39, 0.29) is 18.1 Å². The van der Waals surface area contributed by atoms with Crippen LogP contribution in [0.3, 0.4) is 0 Å². The van der Waals surface area contributed by atoms with Crippen LogP contribution in [0.1, 0.15) is 16.2 Å². The number of ether oxygens (including phenoxy) is 1. The Morgan fingerprint density at radius 1 is 1.91 bits per heavy atom. The highest BCUT2D eigenvalue weighted by Crippen LogP contribution is 2.03. The molecule has 5 heteroatoms. The Morgan fingerprint density at radius 3 is 3.09 bits per heavy atom. The summed E-state index contributed by atoms with van der Waals surface area (Å²) in [5, 5.41) is 11.9. The van der Waals surface area contributed by atoms with Crippen molar-refractivity contribution in [2.75, 3.05) is 7.11 Å². The molecule has 60 valence electrons. The summed E-state index contributed by atoms with van der Waals surface area (Å²) in [4.78, 5) is 10.7. The van der Waals surface area contributed by atoms with Gasteiger partial charge in [0.1, 0.15) is 6.61 Å². The van der Waals surface area contributed by atoms with Crippen molar-refractivity contribution in [2.24, 2.45) is 0 Å². The predicted octanol–water partition coefficient (Wildman–Crippen LogP) is -0.0465. The summed E-state index contributed by atoms with van der Waals surface area (Å²) in [5.41, 5.74) is 0.0663. The van der Waals surface area contributed by atoms with Crippen LogP contribution in [0.2, 0.25) is 0 Å². The topological polar surface area (TPSA) is 72.6 Å². The third kappa shape index (κ3) is 1.56. The van der Waals surface area contributed by atoms with E-state index in [0.717, 1.165) is 0 Å². The van der Waals surface area contributed by atoms with Crippen molar-refractivity contribution in [1.29, 1.82) is 0 Å². The van der Waals surface area contributed by atoms with E-state index in [1.165, 1.54) is 13.2 Å². The van der Waals surface area contributed by atoms with Gasteiger partial charge in [-0.05, 0) is 0 Å². The number of hydrogen-bond donors (Lipinski definition) is 1. The molecule has 5 nitrogen and oxygen atoms in total. The molecule has 1 aromatic heterocycles. The molecule has 0 atom stereocenters. The smallest absolute Gasteiger partial charge is 0.360 e. The molecule has 0 saturated carbocycles. The quantitative estimate of drug-likeness (QED) is 0.609. The Hall–Kier alpha value is -1.36. The van der Waals surface area contributed by atoms with E-state index >= 15 is 0 Å². The number of aliphatic hydroxyl groups is 1. The molecule has 0 radical (unpaired) electrons. The molecule has 11 heavy (non-hydrogen) atoms. The molecule has 0 aliphatic heterocycles. The van der Waals surface area contributed by atoms with Crippen molar-refractivity contribution in [3.05, 3.63) is 17.5 Å². The third-order valence-electron chi connectivity index (χ3n) is 1.11. The van der Waals surface area contributed by atoms with E-state index in [1.807, 2.05) is 0 Å². The van der Waals surface area contributed by atoms with E-state index in [1.54, 1.807) is 0 Å². The Labute approximate surface area is 62.6 Å². The standard InChI is InChI=1S/C6H7NO4/c1-10-6(9)5-2-4(3-8)11-7-5/h2,8H,3H2,1H3. The summed E-state index contributed by atoms with van der Waals surface area (Å²) in [6, 6.07) is 1.33. The van der Waals surface area contributed by atoms with Gasteiger partial charge < -0.3 is 14.4 Å². The van der Waals surface area contributed by atoms with Gasteiger partial charge in [-0.3, -0.25) is 0 Å². The first-order valence-corrected chi connectivity index (χ1v) is 2.92. The Kier molecular flexibility index (Phi) is 2.22. The molecule has 0 aliphatic carbocycles. The van der Waals surface area contributed by atoms with Crippen molar-refractivity contribution in [2.45, 2.75) is 6.61 Å². The van der Waals surface area contributed by atoms with Gasteiger partial charge in [0.05, 0.1) is 7.11 Å². The largest absolute Gasteiger partial charge is 0.464 e. The fourth-order valence-corrected chi connectivity index (χ4v) is 0.588. The first-order valence-electron chi connectivity index (χ1n) is 2.92. The number of methoxy groups -OCH3 is 1. The average Bonchev–Trinajstić information content (AvgIpc) is 2.50. The molecule has 1 aromatic rings. The van der Waals surface area contributed by atoms with E-state index in [2.05, 4.69) is 14.4 Å². The third-order valence-corrected chi connectivity index (χ3v) is 1.11. The molecule has 0 aromatic carbocycles. The maximum atomic E-state index is 10.7. The van der Waals surface area contributed by atoms with Gasteiger partial charge in [0.25, 0.3) is 0 Å². The van der Waals surface area contributed by atoms with Crippen LogP contribution in [-0.2, 0) is 11.3 Å². The lowest BCUT2D eigenvalue weighted by atomic mass is 10.4. The number of esters is 1. The Bertz CT molecular complexity index is 255. The molecule has 0 unspecified atom stereocenters. The number of carbonyl (C=O) groups is 1. The van der Waals surface area contributed by atoms with Crippen LogP contribution in [0.25, 0.3) is 0 Å². The second-order valence-corrected chi connectivity index (χ2v) is 1.83. The van der Waals surface area contributed by atoms with E-state index < -0.39 is 5.97 Å². The summed E-state index contributed by atoms with van der Waals surface area (Å²) < 4.78 is 8.89. The van der Waals surface area contributed by atoms with Crippen LogP contribution in [0.5, 0.6) is 0 Å². The number of nitrogens with zero attached hydrogens (tertiary/aromatic N) is 1. The molecule has 1 N–H and O–H groups in total. The van der Waals surface area contributed by atoms with Gasteiger partial charge in [-0.1, -0.05) is 5.16 Å². The zero-order valence-corrected chi connectivity index (χ0v) is 5.90. The van der Waals surface area contributed by atoms with Crippen LogP contribution in [0.15, 0.2) is 10.6 Å². The summed E-state index contributed by atoms with van der Waals surface area (Å²) in [7, 11) is 1.25. The predicted molar refractivity (Wildman–Crippen MR) is 33.8 cm³/mol. The first-order chi connectivity index (χ1) is 5.27. The fourth-order valence-electron chi connectivity index (χ4n) is 0.588. The average molecular weight is 157 g/mol. The minimum atomic E-state index is -0.576. The molecular formula is C6H7NO4. The molecular weight excluding hydrogens is 150 g/mol. The number of rotatable bonds is 2. The van der Waals surface area contributed by atoms with Crippen molar-refractivity contribution >= 4 is 5.97 Å². The van der Waals surface area contributed by atoms with Crippen LogP contribution in [-0.4, -0.2) is 23.3 Å². The molecule has 0 fully saturated rings. The van der Waals surface area contributed by atoms with Gasteiger partial charge in [0.15, 0.2) is 11.5 Å². The van der Waals surface area contributed by atoms with E-state index in [4.69, 9.17) is 5.11 Å². The summed E-state index contributed by atoms with van der Waals surface area (Å²) in [6.45, 7) is -0.274. The zero-order chi connectivity index (χ0) is 8.27. The first kappa shape index (κ1) is 7.74. The number of aliphatic hydroxyl groups excluding tert-OH is 1. The number of carbonyl (C=O) groups excluding carboxylic acids is 1. The van der Waals surface area contributed by atoms with Crippen LogP contribution < -0.4 is 0 Å². The highest BCUT2D eigenvalue weighted by atomic mass is 16.5. The normalized spacial score (nSPS) is 9.64. The second-order valence-electron chi connectivity index (χ2n) is 1.83. The molecule has 1 heterocycles. The molecule has 1 rings (SSSR count). The van der Waals surface area contributed by atoms with Crippen molar-refractivity contribution in [1.82, 2.24) is 5.16 Å². The van der Waals surface area contributed by atoms with Crippen LogP contribution >= 0.6 is 0 Å². The van der Waals surface area contributed by atoms with Gasteiger partial charge in [-0.2, -0.15) is 0 Å². The number of aromatic nitrogens is 1. The van der Waals surface area contributed by atoms with Gasteiger partial charge in [0, 0.05) is 6.07 Å². The minimum absolute atomic E-state index is 0.0663. The molecule has 0 spiro atoms. The van der Waals surface area contributed by atoms with Crippen molar-refractivity contribution < 1.29 is 19.2 Å². The summed E-state index contributed by atoms with van der Waals surface area (Å²) in [6.07, 6.45) is 0. The second kappa shape index (κ2) is 3.16.